The van der Waals surface area contributed by atoms with Gasteiger partial charge in [0, 0.05) is 11.1 Å². The molecule has 0 fully saturated rings. The fourth-order valence-electron chi connectivity index (χ4n) is 1.58. The molecule has 3 rings (SSSR count). The Kier molecular flexibility index (Phi) is 3.20. The molecular weight excluding hydrogens is 262 g/mol. The van der Waals surface area contributed by atoms with Crippen LogP contribution in [0.5, 0.6) is 6.01 Å². The maximum Gasteiger partial charge on any atom is 0.320 e. The van der Waals surface area contributed by atoms with E-state index in [1.54, 1.807) is 23.7 Å². The number of aliphatic imine (C=N–C) groups is 1. The molecule has 0 unspecified atom stereocenters. The van der Waals surface area contributed by atoms with Crippen molar-refractivity contribution in [2.45, 2.75) is 6.92 Å². The molecule has 19 heavy (non-hydrogen) atoms. The van der Waals surface area contributed by atoms with Crippen molar-refractivity contribution in [3.8, 4) is 6.01 Å². The molecule has 0 radical (unpaired) electrons. The van der Waals surface area contributed by atoms with Crippen LogP contribution in [0.25, 0.3) is 11.0 Å². The molecule has 1 N–H and O–H groups in total. The molecular formula is C12H11N5OS. The van der Waals surface area contributed by atoms with Crippen molar-refractivity contribution in [3.63, 3.8) is 0 Å². The lowest BCUT2D eigenvalue weighted by atomic mass is 10.4. The van der Waals surface area contributed by atoms with Crippen LogP contribution in [-0.4, -0.2) is 33.0 Å². The Balaban J connectivity index is 2.03. The van der Waals surface area contributed by atoms with Crippen molar-refractivity contribution in [1.82, 2.24) is 20.2 Å². The highest BCUT2D eigenvalue weighted by Gasteiger charge is 2.08. The SMILES string of the molecule is CCOc1nc(N=Cc2cccs2)c2cn[nH]c2n1. The number of aromatic nitrogens is 4. The lowest BCUT2D eigenvalue weighted by molar-refractivity contribution is 0.314. The molecule has 0 aromatic carbocycles. The Hall–Kier alpha value is -2.28. The summed E-state index contributed by atoms with van der Waals surface area (Å²) in [6.45, 7) is 2.39. The predicted molar refractivity (Wildman–Crippen MR) is 74.4 cm³/mol. The molecule has 3 aromatic rings. The summed E-state index contributed by atoms with van der Waals surface area (Å²) in [6.07, 6.45) is 3.43. The van der Waals surface area contributed by atoms with Gasteiger partial charge in [-0.25, -0.2) is 4.99 Å². The monoisotopic (exact) mass is 273 g/mol. The standard InChI is InChI=1S/C12H11N5OS/c1-2-18-12-15-10(9-7-14-17-11(9)16-12)13-6-8-4-3-5-19-8/h3-7H,2H2,1H3,(H,14,15,16,17). The van der Waals surface area contributed by atoms with E-state index in [9.17, 15) is 0 Å². The summed E-state index contributed by atoms with van der Waals surface area (Å²) >= 11 is 1.62. The van der Waals surface area contributed by atoms with Crippen LogP contribution in [0.1, 0.15) is 11.8 Å². The van der Waals surface area contributed by atoms with Crippen molar-refractivity contribution in [2.24, 2.45) is 4.99 Å². The molecule has 0 bridgehead atoms. The van der Waals surface area contributed by atoms with Crippen LogP contribution < -0.4 is 4.74 Å². The number of H-pyrrole nitrogens is 1. The summed E-state index contributed by atoms with van der Waals surface area (Å²) < 4.78 is 5.32. The van der Waals surface area contributed by atoms with Crippen LogP contribution in [-0.2, 0) is 0 Å². The first-order chi connectivity index (χ1) is 9.36. The second-order valence-corrected chi connectivity index (χ2v) is 4.65. The van der Waals surface area contributed by atoms with Gasteiger partial charge in [-0.15, -0.1) is 11.3 Å². The molecule has 0 saturated heterocycles. The van der Waals surface area contributed by atoms with Gasteiger partial charge in [-0.05, 0) is 18.4 Å². The summed E-state index contributed by atoms with van der Waals surface area (Å²) in [7, 11) is 0. The second-order valence-electron chi connectivity index (χ2n) is 3.67. The Morgan fingerprint density at radius 3 is 3.21 bits per heavy atom. The van der Waals surface area contributed by atoms with Gasteiger partial charge < -0.3 is 4.74 Å². The topological polar surface area (TPSA) is 76.1 Å². The van der Waals surface area contributed by atoms with Crippen molar-refractivity contribution >= 4 is 34.4 Å². The van der Waals surface area contributed by atoms with Gasteiger partial charge >= 0.3 is 6.01 Å². The fraction of sp³-hybridized carbons (Fsp3) is 0.167. The molecule has 0 amide bonds. The number of fused-ring (bicyclic) bond motifs is 1. The zero-order valence-corrected chi connectivity index (χ0v) is 11.0. The minimum atomic E-state index is 0.303. The zero-order chi connectivity index (χ0) is 13.1. The highest BCUT2D eigenvalue weighted by atomic mass is 32.1. The van der Waals surface area contributed by atoms with Gasteiger partial charge in [0.15, 0.2) is 11.5 Å². The summed E-state index contributed by atoms with van der Waals surface area (Å²) in [5, 5.41) is 9.53. The van der Waals surface area contributed by atoms with Crippen molar-refractivity contribution in [3.05, 3.63) is 28.6 Å². The van der Waals surface area contributed by atoms with Crippen molar-refractivity contribution in [2.75, 3.05) is 6.61 Å². The molecule has 0 aliphatic rings. The average molecular weight is 273 g/mol. The largest absolute Gasteiger partial charge is 0.464 e. The van der Waals surface area contributed by atoms with Gasteiger partial charge in [0.25, 0.3) is 0 Å². The van der Waals surface area contributed by atoms with Gasteiger partial charge in [-0.3, -0.25) is 5.10 Å². The number of nitrogens with zero attached hydrogens (tertiary/aromatic N) is 4. The van der Waals surface area contributed by atoms with E-state index in [1.807, 2.05) is 24.4 Å². The molecule has 0 aliphatic carbocycles. The van der Waals surface area contributed by atoms with E-state index in [1.165, 1.54) is 0 Å². The number of rotatable bonds is 4. The van der Waals surface area contributed by atoms with E-state index in [0.717, 1.165) is 10.3 Å². The van der Waals surface area contributed by atoms with Crippen LogP contribution >= 0.6 is 11.3 Å². The lowest BCUT2D eigenvalue weighted by Crippen LogP contribution is -1.97. The second kappa shape index (κ2) is 5.15. The Labute approximate surface area is 113 Å². The maximum absolute atomic E-state index is 5.32. The third-order valence-corrected chi connectivity index (χ3v) is 3.21. The lowest BCUT2D eigenvalue weighted by Gasteiger charge is -2.01. The number of hydrogen-bond donors (Lipinski definition) is 1. The van der Waals surface area contributed by atoms with E-state index in [2.05, 4.69) is 25.2 Å². The molecule has 3 aromatic heterocycles. The summed E-state index contributed by atoms with van der Waals surface area (Å²) in [6, 6.07) is 4.27. The zero-order valence-electron chi connectivity index (χ0n) is 10.2. The van der Waals surface area contributed by atoms with Crippen LogP contribution in [0.2, 0.25) is 0 Å². The minimum absolute atomic E-state index is 0.303. The molecule has 0 atom stereocenters. The normalized spacial score (nSPS) is 11.4. The van der Waals surface area contributed by atoms with Crippen LogP contribution in [0, 0.1) is 0 Å². The molecule has 96 valence electrons. The fourth-order valence-corrected chi connectivity index (χ4v) is 2.17. The van der Waals surface area contributed by atoms with Crippen molar-refractivity contribution < 1.29 is 4.74 Å². The van der Waals surface area contributed by atoms with Gasteiger partial charge in [0.2, 0.25) is 0 Å². The van der Waals surface area contributed by atoms with E-state index in [-0.39, 0.29) is 0 Å². The van der Waals surface area contributed by atoms with E-state index < -0.39 is 0 Å². The number of nitrogens with one attached hydrogen (secondary N) is 1. The minimum Gasteiger partial charge on any atom is -0.464 e. The van der Waals surface area contributed by atoms with E-state index >= 15 is 0 Å². The molecule has 7 heteroatoms. The third-order valence-electron chi connectivity index (χ3n) is 2.40. The molecule has 0 aliphatic heterocycles. The highest BCUT2D eigenvalue weighted by molar-refractivity contribution is 7.11. The summed E-state index contributed by atoms with van der Waals surface area (Å²) in [5.74, 6) is 0.551. The van der Waals surface area contributed by atoms with Gasteiger partial charge in [0.05, 0.1) is 18.2 Å². The summed E-state index contributed by atoms with van der Waals surface area (Å²) in [5.41, 5.74) is 0.622. The number of ether oxygens (including phenoxy) is 1. The number of aromatic amines is 1. The van der Waals surface area contributed by atoms with Gasteiger partial charge in [-0.2, -0.15) is 15.1 Å². The summed E-state index contributed by atoms with van der Waals surface area (Å²) in [4.78, 5) is 13.9. The average Bonchev–Trinajstić information content (AvgIpc) is 3.07. The quantitative estimate of drug-likeness (QED) is 0.741. The van der Waals surface area contributed by atoms with Crippen LogP contribution in [0.4, 0.5) is 5.82 Å². The van der Waals surface area contributed by atoms with Crippen LogP contribution in [0.3, 0.4) is 0 Å². The number of hydrogen-bond acceptors (Lipinski definition) is 6. The Morgan fingerprint density at radius 1 is 1.47 bits per heavy atom. The molecule has 0 saturated carbocycles. The highest BCUT2D eigenvalue weighted by Crippen LogP contribution is 2.23. The molecule has 6 nitrogen and oxygen atoms in total. The number of thiophene rings is 1. The van der Waals surface area contributed by atoms with Crippen molar-refractivity contribution in [1.29, 1.82) is 0 Å². The molecule has 3 heterocycles. The smallest absolute Gasteiger partial charge is 0.320 e. The van der Waals surface area contributed by atoms with E-state index in [0.29, 0.717) is 24.1 Å². The Bertz CT molecular complexity index is 704. The maximum atomic E-state index is 5.32. The first-order valence-electron chi connectivity index (χ1n) is 5.78. The first kappa shape index (κ1) is 11.8. The van der Waals surface area contributed by atoms with Gasteiger partial charge in [0.1, 0.15) is 0 Å². The Morgan fingerprint density at radius 2 is 2.42 bits per heavy atom. The van der Waals surface area contributed by atoms with Crippen LogP contribution in [0.15, 0.2) is 28.7 Å². The first-order valence-corrected chi connectivity index (χ1v) is 6.66. The third kappa shape index (κ3) is 2.45. The van der Waals surface area contributed by atoms with E-state index in [4.69, 9.17) is 4.74 Å². The van der Waals surface area contributed by atoms with Gasteiger partial charge in [-0.1, -0.05) is 6.07 Å². The predicted octanol–water partition coefficient (Wildman–Crippen LogP) is 2.56. The molecule has 0 spiro atoms.